The van der Waals surface area contributed by atoms with E-state index in [1.54, 1.807) is 14.2 Å². The van der Waals surface area contributed by atoms with E-state index in [-0.39, 0.29) is 0 Å². The quantitative estimate of drug-likeness (QED) is 0.645. The van der Waals surface area contributed by atoms with E-state index in [1.165, 1.54) is 11.1 Å². The molecule has 0 bridgehead atoms. The maximum Gasteiger partial charge on any atom is 0.225 e. The highest BCUT2D eigenvalue weighted by molar-refractivity contribution is 5.62. The van der Waals surface area contributed by atoms with Crippen LogP contribution in [-0.4, -0.2) is 24.2 Å². The molecule has 3 rings (SSSR count). The first-order valence-electron chi connectivity index (χ1n) is 8.71. The Morgan fingerprint density at radius 1 is 0.852 bits per heavy atom. The highest BCUT2D eigenvalue weighted by atomic mass is 16.5. The Balaban J connectivity index is 1.74. The van der Waals surface area contributed by atoms with E-state index in [9.17, 15) is 0 Å². The van der Waals surface area contributed by atoms with Crippen molar-refractivity contribution in [2.24, 2.45) is 0 Å². The van der Waals surface area contributed by atoms with Crippen LogP contribution in [0.1, 0.15) is 16.8 Å². The molecule has 2 N–H and O–H groups in total. The fourth-order valence-corrected chi connectivity index (χ4v) is 2.66. The molecule has 2 aromatic carbocycles. The van der Waals surface area contributed by atoms with Gasteiger partial charge in [-0.1, -0.05) is 29.8 Å². The van der Waals surface area contributed by atoms with Crippen LogP contribution in [0.3, 0.4) is 0 Å². The van der Waals surface area contributed by atoms with Crippen LogP contribution in [-0.2, 0) is 6.54 Å². The summed E-state index contributed by atoms with van der Waals surface area (Å²) in [5, 5.41) is 6.57. The van der Waals surface area contributed by atoms with Crippen molar-refractivity contribution in [3.63, 3.8) is 0 Å². The summed E-state index contributed by atoms with van der Waals surface area (Å²) >= 11 is 0. The van der Waals surface area contributed by atoms with E-state index in [0.29, 0.717) is 29.8 Å². The second-order valence-electron chi connectivity index (χ2n) is 6.25. The molecule has 0 saturated carbocycles. The van der Waals surface area contributed by atoms with Crippen LogP contribution >= 0.6 is 0 Å². The molecule has 0 saturated heterocycles. The SMILES string of the molecule is COc1ccc(Nc2cc(C)nc(NCc3ccc(C)cc3)n2)cc1OC. The predicted octanol–water partition coefficient (Wildman–Crippen LogP) is 4.47. The van der Waals surface area contributed by atoms with Gasteiger partial charge in [0.05, 0.1) is 14.2 Å². The summed E-state index contributed by atoms with van der Waals surface area (Å²) in [6.07, 6.45) is 0. The first kappa shape index (κ1) is 18.5. The zero-order valence-corrected chi connectivity index (χ0v) is 16.0. The molecule has 3 aromatic rings. The number of methoxy groups -OCH3 is 2. The second-order valence-corrected chi connectivity index (χ2v) is 6.25. The number of rotatable bonds is 7. The number of ether oxygens (including phenoxy) is 2. The number of hydrogen-bond donors (Lipinski definition) is 2. The third kappa shape index (κ3) is 4.88. The van der Waals surface area contributed by atoms with Crippen LogP contribution in [0, 0.1) is 13.8 Å². The summed E-state index contributed by atoms with van der Waals surface area (Å²) in [5.41, 5.74) is 4.15. The largest absolute Gasteiger partial charge is 0.493 e. The standard InChI is InChI=1S/C21H24N4O2/c1-14-5-7-16(8-6-14)13-22-21-23-15(2)11-20(25-21)24-17-9-10-18(26-3)19(12-17)27-4/h5-12H,13H2,1-4H3,(H2,22,23,24,25). The van der Waals surface area contributed by atoms with Gasteiger partial charge in [-0.15, -0.1) is 0 Å². The lowest BCUT2D eigenvalue weighted by Gasteiger charge is -2.12. The molecule has 6 heteroatoms. The lowest BCUT2D eigenvalue weighted by Crippen LogP contribution is -2.06. The van der Waals surface area contributed by atoms with Gasteiger partial charge in [-0.2, -0.15) is 4.98 Å². The number of anilines is 3. The van der Waals surface area contributed by atoms with Crippen LogP contribution in [0.15, 0.2) is 48.5 Å². The van der Waals surface area contributed by atoms with Gasteiger partial charge >= 0.3 is 0 Å². The molecule has 1 heterocycles. The van der Waals surface area contributed by atoms with Crippen molar-refractivity contribution in [2.75, 3.05) is 24.9 Å². The van der Waals surface area contributed by atoms with Gasteiger partial charge in [-0.25, -0.2) is 4.98 Å². The Morgan fingerprint density at radius 2 is 1.59 bits per heavy atom. The Bertz CT molecular complexity index is 911. The fraction of sp³-hybridized carbons (Fsp3) is 0.238. The van der Waals surface area contributed by atoms with Crippen LogP contribution < -0.4 is 20.1 Å². The summed E-state index contributed by atoms with van der Waals surface area (Å²) in [7, 11) is 3.23. The predicted molar refractivity (Wildman–Crippen MR) is 108 cm³/mol. The monoisotopic (exact) mass is 364 g/mol. The van der Waals surface area contributed by atoms with Crippen molar-refractivity contribution in [3.8, 4) is 11.5 Å². The van der Waals surface area contributed by atoms with Gasteiger partial charge in [0.2, 0.25) is 5.95 Å². The van der Waals surface area contributed by atoms with Gasteiger partial charge in [0, 0.05) is 30.1 Å². The molecule has 0 radical (unpaired) electrons. The number of aromatic nitrogens is 2. The van der Waals surface area contributed by atoms with E-state index in [1.807, 2.05) is 31.2 Å². The summed E-state index contributed by atoms with van der Waals surface area (Å²) in [6.45, 7) is 4.69. The van der Waals surface area contributed by atoms with E-state index in [0.717, 1.165) is 11.4 Å². The zero-order valence-electron chi connectivity index (χ0n) is 16.0. The van der Waals surface area contributed by atoms with Crippen LogP contribution in [0.2, 0.25) is 0 Å². The van der Waals surface area contributed by atoms with Crippen LogP contribution in [0.25, 0.3) is 0 Å². The summed E-state index contributed by atoms with van der Waals surface area (Å²) < 4.78 is 10.6. The zero-order chi connectivity index (χ0) is 19.2. The Kier molecular flexibility index (Phi) is 5.76. The van der Waals surface area contributed by atoms with Crippen molar-refractivity contribution in [2.45, 2.75) is 20.4 Å². The number of hydrogen-bond acceptors (Lipinski definition) is 6. The van der Waals surface area contributed by atoms with Gasteiger partial charge in [0.1, 0.15) is 5.82 Å². The minimum atomic E-state index is 0.582. The number of nitrogens with zero attached hydrogens (tertiary/aromatic N) is 2. The van der Waals surface area contributed by atoms with Crippen molar-refractivity contribution < 1.29 is 9.47 Å². The van der Waals surface area contributed by atoms with Crippen molar-refractivity contribution in [3.05, 3.63) is 65.4 Å². The van der Waals surface area contributed by atoms with Gasteiger partial charge < -0.3 is 20.1 Å². The minimum absolute atomic E-state index is 0.582. The summed E-state index contributed by atoms with van der Waals surface area (Å²) in [6, 6.07) is 15.9. The van der Waals surface area contributed by atoms with Crippen LogP contribution in [0.4, 0.5) is 17.5 Å². The van der Waals surface area contributed by atoms with E-state index < -0.39 is 0 Å². The molecule has 0 aliphatic heterocycles. The van der Waals surface area contributed by atoms with Gasteiger partial charge in [0.25, 0.3) is 0 Å². The molecule has 0 aliphatic carbocycles. The first-order chi connectivity index (χ1) is 13.1. The Labute approximate surface area is 159 Å². The van der Waals surface area contributed by atoms with Gasteiger partial charge in [-0.3, -0.25) is 0 Å². The van der Waals surface area contributed by atoms with Crippen molar-refractivity contribution >= 4 is 17.5 Å². The summed E-state index contributed by atoms with van der Waals surface area (Å²) in [5.74, 6) is 2.63. The third-order valence-corrected chi connectivity index (χ3v) is 4.08. The average Bonchev–Trinajstić information content (AvgIpc) is 2.67. The topological polar surface area (TPSA) is 68.3 Å². The van der Waals surface area contributed by atoms with Crippen molar-refractivity contribution in [1.82, 2.24) is 9.97 Å². The molecule has 0 spiro atoms. The molecule has 0 aliphatic rings. The van der Waals surface area contributed by atoms with E-state index in [4.69, 9.17) is 9.47 Å². The lowest BCUT2D eigenvalue weighted by molar-refractivity contribution is 0.355. The molecule has 1 aromatic heterocycles. The van der Waals surface area contributed by atoms with Gasteiger partial charge in [-0.05, 0) is 31.5 Å². The first-order valence-corrected chi connectivity index (χ1v) is 8.71. The maximum absolute atomic E-state index is 5.35. The minimum Gasteiger partial charge on any atom is -0.493 e. The Morgan fingerprint density at radius 3 is 2.30 bits per heavy atom. The van der Waals surface area contributed by atoms with E-state index >= 15 is 0 Å². The van der Waals surface area contributed by atoms with Gasteiger partial charge in [0.15, 0.2) is 11.5 Å². The molecular formula is C21H24N4O2. The number of benzene rings is 2. The lowest BCUT2D eigenvalue weighted by atomic mass is 10.1. The molecule has 0 amide bonds. The normalized spacial score (nSPS) is 10.4. The molecule has 0 fully saturated rings. The molecule has 140 valence electrons. The third-order valence-electron chi connectivity index (χ3n) is 4.08. The highest BCUT2D eigenvalue weighted by Gasteiger charge is 2.07. The van der Waals surface area contributed by atoms with Crippen LogP contribution in [0.5, 0.6) is 11.5 Å². The molecule has 0 unspecified atom stereocenters. The van der Waals surface area contributed by atoms with E-state index in [2.05, 4.69) is 51.8 Å². The number of nitrogens with one attached hydrogen (secondary N) is 2. The Hall–Kier alpha value is -3.28. The van der Waals surface area contributed by atoms with Crippen molar-refractivity contribution in [1.29, 1.82) is 0 Å². The molecular weight excluding hydrogens is 340 g/mol. The fourth-order valence-electron chi connectivity index (χ4n) is 2.66. The molecule has 6 nitrogen and oxygen atoms in total. The number of aryl methyl sites for hydroxylation is 2. The molecule has 27 heavy (non-hydrogen) atoms. The maximum atomic E-state index is 5.35. The average molecular weight is 364 g/mol. The summed E-state index contributed by atoms with van der Waals surface area (Å²) in [4.78, 5) is 9.02. The molecule has 0 atom stereocenters. The smallest absolute Gasteiger partial charge is 0.225 e. The second kappa shape index (κ2) is 8.40. The highest BCUT2D eigenvalue weighted by Crippen LogP contribution is 2.31.